The second kappa shape index (κ2) is 8.19. The van der Waals surface area contributed by atoms with Gasteiger partial charge in [-0.2, -0.15) is 0 Å². The molecule has 1 aliphatic carbocycles. The van der Waals surface area contributed by atoms with Gasteiger partial charge in [-0.15, -0.1) is 0 Å². The molecule has 156 valence electrons. The van der Waals surface area contributed by atoms with E-state index in [1.54, 1.807) is 0 Å². The largest absolute Gasteiger partial charge is 0.356 e. The lowest BCUT2D eigenvalue weighted by Gasteiger charge is -2.28. The minimum absolute atomic E-state index is 0.0331. The fourth-order valence-electron chi connectivity index (χ4n) is 4.67. The average molecular weight is 405 g/mol. The molecule has 6 heteroatoms. The predicted molar refractivity (Wildman–Crippen MR) is 115 cm³/mol. The van der Waals surface area contributed by atoms with Crippen LogP contribution in [-0.4, -0.2) is 26.6 Å². The molecule has 0 radical (unpaired) electrons. The lowest BCUT2D eigenvalue weighted by Crippen LogP contribution is -2.36. The van der Waals surface area contributed by atoms with Gasteiger partial charge in [0, 0.05) is 43.6 Å². The number of aromatic amines is 1. The number of fused-ring (bicyclic) bond motifs is 1. The van der Waals surface area contributed by atoms with Gasteiger partial charge in [0.25, 0.3) is 5.56 Å². The molecule has 1 N–H and O–H groups in total. The second-order valence-electron chi connectivity index (χ2n) is 8.72. The first-order valence-electron chi connectivity index (χ1n) is 11.0. The second-order valence-corrected chi connectivity index (χ2v) is 8.72. The molecule has 1 aliphatic heterocycles. The van der Waals surface area contributed by atoms with E-state index in [0.29, 0.717) is 19.0 Å². The Morgan fingerprint density at radius 2 is 1.97 bits per heavy atom. The van der Waals surface area contributed by atoms with Gasteiger partial charge in [0.15, 0.2) is 5.76 Å². The van der Waals surface area contributed by atoms with Crippen LogP contribution >= 0.6 is 0 Å². The van der Waals surface area contributed by atoms with Gasteiger partial charge in [-0.1, -0.05) is 54.2 Å². The molecule has 6 nitrogen and oxygen atoms in total. The number of aryl methyl sites for hydroxylation is 1. The van der Waals surface area contributed by atoms with E-state index in [0.717, 1.165) is 59.9 Å². The van der Waals surface area contributed by atoms with Crippen molar-refractivity contribution in [2.24, 2.45) is 0 Å². The SMILES string of the molecule is Cc1ccc(-c2cc(CN3CCc4nc(C5CCCCC5)[nH]c(=O)c4C3)no2)cc1. The summed E-state index contributed by atoms with van der Waals surface area (Å²) in [6, 6.07) is 10.2. The number of aromatic nitrogens is 3. The third-order valence-electron chi connectivity index (χ3n) is 6.44. The van der Waals surface area contributed by atoms with Crippen LogP contribution in [0.1, 0.15) is 66.4 Å². The summed E-state index contributed by atoms with van der Waals surface area (Å²) in [4.78, 5) is 23.0. The number of nitrogens with one attached hydrogen (secondary N) is 1. The maximum absolute atomic E-state index is 12.8. The lowest BCUT2D eigenvalue weighted by atomic mass is 9.88. The molecule has 0 amide bonds. The van der Waals surface area contributed by atoms with Crippen LogP contribution in [0.3, 0.4) is 0 Å². The third kappa shape index (κ3) is 3.97. The van der Waals surface area contributed by atoms with Crippen molar-refractivity contribution in [2.45, 2.75) is 64.5 Å². The summed E-state index contributed by atoms with van der Waals surface area (Å²) in [6.45, 7) is 4.21. The van der Waals surface area contributed by atoms with Crippen LogP contribution in [0.25, 0.3) is 11.3 Å². The highest BCUT2D eigenvalue weighted by Gasteiger charge is 2.25. The van der Waals surface area contributed by atoms with E-state index in [1.165, 1.54) is 24.8 Å². The normalized spacial score (nSPS) is 17.8. The van der Waals surface area contributed by atoms with E-state index in [1.807, 2.05) is 18.2 Å². The molecule has 30 heavy (non-hydrogen) atoms. The summed E-state index contributed by atoms with van der Waals surface area (Å²) in [5, 5.41) is 4.24. The number of nitrogens with zero attached hydrogens (tertiary/aromatic N) is 3. The quantitative estimate of drug-likeness (QED) is 0.700. The van der Waals surface area contributed by atoms with Crippen molar-refractivity contribution in [2.75, 3.05) is 6.54 Å². The molecule has 0 spiro atoms. The van der Waals surface area contributed by atoms with E-state index in [-0.39, 0.29) is 5.56 Å². The topological polar surface area (TPSA) is 75.0 Å². The first-order valence-corrected chi connectivity index (χ1v) is 11.0. The fourth-order valence-corrected chi connectivity index (χ4v) is 4.67. The Bertz CT molecular complexity index is 1080. The van der Waals surface area contributed by atoms with Crippen LogP contribution in [0.4, 0.5) is 0 Å². The molecule has 2 aliphatic rings. The minimum Gasteiger partial charge on any atom is -0.356 e. The summed E-state index contributed by atoms with van der Waals surface area (Å²) >= 11 is 0. The molecular weight excluding hydrogens is 376 g/mol. The molecule has 0 unspecified atom stereocenters. The molecule has 1 fully saturated rings. The summed E-state index contributed by atoms with van der Waals surface area (Å²) in [7, 11) is 0. The highest BCUT2D eigenvalue weighted by Crippen LogP contribution is 2.31. The summed E-state index contributed by atoms with van der Waals surface area (Å²) in [5.74, 6) is 2.11. The van der Waals surface area contributed by atoms with E-state index < -0.39 is 0 Å². The number of H-pyrrole nitrogens is 1. The van der Waals surface area contributed by atoms with Crippen LogP contribution < -0.4 is 5.56 Å². The van der Waals surface area contributed by atoms with E-state index in [2.05, 4.69) is 34.1 Å². The fraction of sp³-hybridized carbons (Fsp3) is 0.458. The molecule has 0 atom stereocenters. The minimum atomic E-state index is 0.0331. The molecule has 0 saturated heterocycles. The molecule has 0 bridgehead atoms. The Hall–Kier alpha value is -2.73. The highest BCUT2D eigenvalue weighted by molar-refractivity contribution is 5.57. The van der Waals surface area contributed by atoms with Crippen molar-refractivity contribution in [3.63, 3.8) is 0 Å². The van der Waals surface area contributed by atoms with E-state index in [9.17, 15) is 4.79 Å². The van der Waals surface area contributed by atoms with Crippen LogP contribution in [-0.2, 0) is 19.5 Å². The Morgan fingerprint density at radius 3 is 2.77 bits per heavy atom. The third-order valence-corrected chi connectivity index (χ3v) is 6.44. The van der Waals surface area contributed by atoms with Crippen molar-refractivity contribution in [3.8, 4) is 11.3 Å². The van der Waals surface area contributed by atoms with Gasteiger partial charge in [-0.3, -0.25) is 9.69 Å². The van der Waals surface area contributed by atoms with Crippen molar-refractivity contribution < 1.29 is 4.52 Å². The van der Waals surface area contributed by atoms with Crippen LogP contribution in [0.15, 0.2) is 39.6 Å². The van der Waals surface area contributed by atoms with E-state index >= 15 is 0 Å². The Labute approximate surface area is 176 Å². The smallest absolute Gasteiger partial charge is 0.255 e. The van der Waals surface area contributed by atoms with Gasteiger partial charge < -0.3 is 9.51 Å². The highest BCUT2D eigenvalue weighted by atomic mass is 16.5. The lowest BCUT2D eigenvalue weighted by molar-refractivity contribution is 0.233. The Kier molecular flexibility index (Phi) is 5.25. The van der Waals surface area contributed by atoms with Crippen molar-refractivity contribution in [3.05, 3.63) is 69.0 Å². The molecule has 2 aromatic heterocycles. The van der Waals surface area contributed by atoms with Gasteiger partial charge in [0.2, 0.25) is 0 Å². The Morgan fingerprint density at radius 1 is 1.17 bits per heavy atom. The molecule has 5 rings (SSSR count). The maximum atomic E-state index is 12.8. The first kappa shape index (κ1) is 19.2. The molecular formula is C24H28N4O2. The first-order chi connectivity index (χ1) is 14.7. The molecule has 1 saturated carbocycles. The Balaban J connectivity index is 1.29. The van der Waals surface area contributed by atoms with Gasteiger partial charge in [0.05, 0.1) is 17.0 Å². The zero-order valence-corrected chi connectivity index (χ0v) is 17.5. The van der Waals surface area contributed by atoms with Crippen molar-refractivity contribution >= 4 is 0 Å². The number of hydrogen-bond acceptors (Lipinski definition) is 5. The summed E-state index contributed by atoms with van der Waals surface area (Å²) in [6.07, 6.45) is 6.87. The van der Waals surface area contributed by atoms with Crippen LogP contribution in [0, 0.1) is 6.92 Å². The molecule has 3 heterocycles. The van der Waals surface area contributed by atoms with Gasteiger partial charge in [0.1, 0.15) is 5.82 Å². The molecule has 1 aromatic carbocycles. The predicted octanol–water partition coefficient (Wildman–Crippen LogP) is 4.34. The van der Waals surface area contributed by atoms with Crippen LogP contribution in [0.5, 0.6) is 0 Å². The van der Waals surface area contributed by atoms with Crippen molar-refractivity contribution in [1.82, 2.24) is 20.0 Å². The van der Waals surface area contributed by atoms with Gasteiger partial charge in [-0.05, 0) is 19.8 Å². The summed E-state index contributed by atoms with van der Waals surface area (Å²) < 4.78 is 5.55. The standard InChI is InChI=1S/C24H28N4O2/c1-16-7-9-17(10-8-16)22-13-19(27-30-22)14-28-12-11-21-20(15-28)24(29)26-23(25-21)18-5-3-2-4-6-18/h7-10,13,18H,2-6,11-12,14-15H2,1H3,(H,25,26,29). The number of rotatable bonds is 4. The zero-order valence-electron chi connectivity index (χ0n) is 17.5. The van der Waals surface area contributed by atoms with Crippen molar-refractivity contribution in [1.29, 1.82) is 0 Å². The van der Waals surface area contributed by atoms with Gasteiger partial charge >= 0.3 is 0 Å². The van der Waals surface area contributed by atoms with E-state index in [4.69, 9.17) is 9.51 Å². The number of benzene rings is 1. The molecule has 3 aromatic rings. The zero-order chi connectivity index (χ0) is 20.5. The maximum Gasteiger partial charge on any atom is 0.255 e. The van der Waals surface area contributed by atoms with Gasteiger partial charge in [-0.25, -0.2) is 4.98 Å². The van der Waals surface area contributed by atoms with Crippen LogP contribution in [0.2, 0.25) is 0 Å². The number of hydrogen-bond donors (Lipinski definition) is 1. The monoisotopic (exact) mass is 404 g/mol. The summed E-state index contributed by atoms with van der Waals surface area (Å²) in [5.41, 5.74) is 4.96. The average Bonchev–Trinajstić information content (AvgIpc) is 3.23.